The number of rotatable bonds is 6. The molecule has 2 aliphatic heterocycles. The monoisotopic (exact) mass is 471 g/mol. The number of methoxy groups -OCH3 is 1. The van der Waals surface area contributed by atoms with Crippen molar-refractivity contribution in [3.05, 3.63) is 72.1 Å². The largest absolute Gasteiger partial charge is 0.497 e. The molecule has 0 N–H and O–H groups in total. The number of ether oxygens (including phenoxy) is 2. The van der Waals surface area contributed by atoms with E-state index < -0.39 is 0 Å². The van der Waals surface area contributed by atoms with E-state index in [4.69, 9.17) is 14.5 Å². The van der Waals surface area contributed by atoms with Gasteiger partial charge in [0, 0.05) is 50.0 Å². The molecule has 1 unspecified atom stereocenters. The van der Waals surface area contributed by atoms with Crippen LogP contribution in [0.5, 0.6) is 5.75 Å². The van der Waals surface area contributed by atoms with Gasteiger partial charge in [0.05, 0.1) is 37.3 Å². The molecule has 35 heavy (non-hydrogen) atoms. The van der Waals surface area contributed by atoms with Crippen LogP contribution in [0.15, 0.2) is 54.9 Å². The zero-order valence-corrected chi connectivity index (χ0v) is 19.9. The number of aryl methyl sites for hydroxylation is 1. The number of fused-ring (bicyclic) bond motifs is 2. The fourth-order valence-electron chi connectivity index (χ4n) is 5.16. The molecule has 0 aliphatic carbocycles. The average molecular weight is 472 g/mol. The smallest absolute Gasteiger partial charge is 0.223 e. The van der Waals surface area contributed by atoms with E-state index in [2.05, 4.69) is 15.6 Å². The van der Waals surface area contributed by atoms with Gasteiger partial charge in [-0.1, -0.05) is 18.2 Å². The van der Waals surface area contributed by atoms with E-state index in [1.165, 1.54) is 0 Å². The Morgan fingerprint density at radius 3 is 2.94 bits per heavy atom. The predicted molar refractivity (Wildman–Crippen MR) is 131 cm³/mol. The Morgan fingerprint density at radius 1 is 1.17 bits per heavy atom. The van der Waals surface area contributed by atoms with E-state index in [0.717, 1.165) is 59.4 Å². The summed E-state index contributed by atoms with van der Waals surface area (Å²) in [7, 11) is 1.67. The van der Waals surface area contributed by atoms with Gasteiger partial charge >= 0.3 is 0 Å². The summed E-state index contributed by atoms with van der Waals surface area (Å²) in [6.45, 7) is 3.46. The van der Waals surface area contributed by atoms with E-state index in [1.807, 2.05) is 58.1 Å². The van der Waals surface area contributed by atoms with Gasteiger partial charge in [0.2, 0.25) is 5.91 Å². The highest BCUT2D eigenvalue weighted by atomic mass is 16.5. The lowest BCUT2D eigenvalue weighted by atomic mass is 10.1. The van der Waals surface area contributed by atoms with E-state index in [1.54, 1.807) is 7.11 Å². The van der Waals surface area contributed by atoms with Crippen molar-refractivity contribution in [3.8, 4) is 17.0 Å². The number of imidazole rings is 2. The maximum atomic E-state index is 13.2. The van der Waals surface area contributed by atoms with E-state index in [9.17, 15) is 4.79 Å². The van der Waals surface area contributed by atoms with E-state index in [0.29, 0.717) is 38.5 Å². The summed E-state index contributed by atoms with van der Waals surface area (Å²) in [5.74, 6) is 2.32. The number of aromatic nitrogens is 4. The molecule has 1 amide bonds. The van der Waals surface area contributed by atoms with Crippen LogP contribution in [0.25, 0.3) is 16.9 Å². The van der Waals surface area contributed by atoms with Crippen LogP contribution in [0.3, 0.4) is 0 Å². The van der Waals surface area contributed by atoms with Crippen molar-refractivity contribution in [2.75, 3.05) is 26.9 Å². The molecule has 180 valence electrons. The Hall–Kier alpha value is -3.65. The minimum Gasteiger partial charge on any atom is -0.497 e. The van der Waals surface area contributed by atoms with Crippen LogP contribution in [-0.4, -0.2) is 56.6 Å². The van der Waals surface area contributed by atoms with Crippen molar-refractivity contribution in [1.29, 1.82) is 0 Å². The lowest BCUT2D eigenvalue weighted by Gasteiger charge is -2.30. The standard InChI is InChI=1S/C27H29N5O3/c1-34-22-6-4-5-19(15-22)26-23-17-31(12-13-32(23)27(29-26)20-10-14-35-18-20)25(33)9-8-21-16-30-11-3-2-7-24(30)28-21/h2-7,11,15-16,20H,8-10,12-14,17-18H2,1H3. The fraction of sp³-hybridized carbons (Fsp3) is 0.370. The molecule has 2 aliphatic rings. The Labute approximate surface area is 204 Å². The number of carbonyl (C=O) groups is 1. The first-order valence-corrected chi connectivity index (χ1v) is 12.2. The number of hydrogen-bond acceptors (Lipinski definition) is 5. The minimum absolute atomic E-state index is 0.150. The second-order valence-electron chi connectivity index (χ2n) is 9.22. The number of amides is 1. The molecular formula is C27H29N5O3. The highest BCUT2D eigenvalue weighted by Crippen LogP contribution is 2.34. The number of nitrogens with zero attached hydrogens (tertiary/aromatic N) is 5. The molecule has 0 radical (unpaired) electrons. The first kappa shape index (κ1) is 21.9. The molecule has 0 spiro atoms. The van der Waals surface area contributed by atoms with Crippen LogP contribution in [0, 0.1) is 0 Å². The van der Waals surface area contributed by atoms with E-state index >= 15 is 0 Å². The molecule has 8 nitrogen and oxygen atoms in total. The summed E-state index contributed by atoms with van der Waals surface area (Å²) < 4.78 is 15.4. The third kappa shape index (κ3) is 4.18. The molecule has 0 bridgehead atoms. The van der Waals surface area contributed by atoms with Gasteiger partial charge in [-0.05, 0) is 37.1 Å². The molecule has 8 heteroatoms. The number of carbonyl (C=O) groups excluding carboxylic acids is 1. The van der Waals surface area contributed by atoms with E-state index in [-0.39, 0.29) is 5.91 Å². The zero-order chi connectivity index (χ0) is 23.8. The second-order valence-corrected chi connectivity index (χ2v) is 9.22. The summed E-state index contributed by atoms with van der Waals surface area (Å²) in [4.78, 5) is 24.9. The molecule has 1 fully saturated rings. The summed E-state index contributed by atoms with van der Waals surface area (Å²) in [5.41, 5.74) is 4.88. The van der Waals surface area contributed by atoms with Gasteiger partial charge in [-0.2, -0.15) is 0 Å². The van der Waals surface area contributed by atoms with Gasteiger partial charge in [-0.25, -0.2) is 9.97 Å². The maximum absolute atomic E-state index is 13.2. The highest BCUT2D eigenvalue weighted by molar-refractivity contribution is 5.77. The van der Waals surface area contributed by atoms with Crippen LogP contribution in [0.4, 0.5) is 0 Å². The molecule has 4 aromatic rings. The molecule has 1 saturated heterocycles. The fourth-order valence-corrected chi connectivity index (χ4v) is 5.16. The first-order valence-electron chi connectivity index (χ1n) is 12.2. The van der Waals surface area contributed by atoms with Crippen molar-refractivity contribution in [2.24, 2.45) is 0 Å². The molecular weight excluding hydrogens is 442 g/mol. The number of benzene rings is 1. The Bertz CT molecular complexity index is 1340. The van der Waals surface area contributed by atoms with Gasteiger partial charge in [0.1, 0.15) is 17.2 Å². The maximum Gasteiger partial charge on any atom is 0.223 e. The van der Waals surface area contributed by atoms with Crippen molar-refractivity contribution in [3.63, 3.8) is 0 Å². The lowest BCUT2D eigenvalue weighted by molar-refractivity contribution is -0.132. The molecule has 1 atom stereocenters. The summed E-state index contributed by atoms with van der Waals surface area (Å²) in [6, 6.07) is 13.9. The van der Waals surface area contributed by atoms with Crippen molar-refractivity contribution in [2.45, 2.75) is 38.3 Å². The molecule has 3 aromatic heterocycles. The Morgan fingerprint density at radius 2 is 2.11 bits per heavy atom. The molecule has 6 rings (SSSR count). The zero-order valence-electron chi connectivity index (χ0n) is 19.9. The number of pyridine rings is 1. The van der Waals surface area contributed by atoms with Crippen molar-refractivity contribution >= 4 is 11.6 Å². The first-order chi connectivity index (χ1) is 17.2. The molecule has 1 aromatic carbocycles. The normalized spacial score (nSPS) is 17.6. The molecule has 0 saturated carbocycles. The topological polar surface area (TPSA) is 73.9 Å². The van der Waals surface area contributed by atoms with Gasteiger partial charge < -0.3 is 23.3 Å². The third-order valence-corrected chi connectivity index (χ3v) is 7.04. The van der Waals surface area contributed by atoms with Gasteiger partial charge in [0.15, 0.2) is 0 Å². The summed E-state index contributed by atoms with van der Waals surface area (Å²) in [5, 5.41) is 0. The minimum atomic E-state index is 0.150. The van der Waals surface area contributed by atoms with Crippen molar-refractivity contribution < 1.29 is 14.3 Å². The Kier molecular flexibility index (Phi) is 5.74. The molecule has 5 heterocycles. The second kappa shape index (κ2) is 9.19. The Balaban J connectivity index is 1.25. The van der Waals surface area contributed by atoms with Crippen LogP contribution >= 0.6 is 0 Å². The van der Waals surface area contributed by atoms with Crippen LogP contribution < -0.4 is 4.74 Å². The van der Waals surface area contributed by atoms with Gasteiger partial charge in [-0.15, -0.1) is 0 Å². The third-order valence-electron chi connectivity index (χ3n) is 7.04. The van der Waals surface area contributed by atoms with Crippen LogP contribution in [0.2, 0.25) is 0 Å². The summed E-state index contributed by atoms with van der Waals surface area (Å²) in [6.07, 6.45) is 6.03. The predicted octanol–water partition coefficient (Wildman–Crippen LogP) is 3.69. The lowest BCUT2D eigenvalue weighted by Crippen LogP contribution is -2.39. The van der Waals surface area contributed by atoms with Crippen LogP contribution in [0.1, 0.15) is 36.0 Å². The highest BCUT2D eigenvalue weighted by Gasteiger charge is 2.31. The number of hydrogen-bond donors (Lipinski definition) is 0. The van der Waals surface area contributed by atoms with Crippen molar-refractivity contribution in [1.82, 2.24) is 23.8 Å². The average Bonchev–Trinajstić information content (AvgIpc) is 3.65. The summed E-state index contributed by atoms with van der Waals surface area (Å²) >= 11 is 0. The van der Waals surface area contributed by atoms with Gasteiger partial charge in [-0.3, -0.25) is 4.79 Å². The van der Waals surface area contributed by atoms with Crippen LogP contribution in [-0.2, 0) is 29.0 Å². The SMILES string of the molecule is COc1cccc(-c2nc(C3CCOC3)n3c2CN(C(=O)CCc2cn4ccccc4n2)CC3)c1. The quantitative estimate of drug-likeness (QED) is 0.429. The van der Waals surface area contributed by atoms with Gasteiger partial charge in [0.25, 0.3) is 0 Å².